The molecule has 0 bridgehead atoms. The number of halogens is 2. The summed E-state index contributed by atoms with van der Waals surface area (Å²) in [5.41, 5.74) is 0.301. The quantitative estimate of drug-likeness (QED) is 0.841. The van der Waals surface area contributed by atoms with E-state index in [0.717, 1.165) is 6.07 Å². The Morgan fingerprint density at radius 2 is 2.15 bits per heavy atom. The van der Waals surface area contributed by atoms with E-state index in [4.69, 9.17) is 10.2 Å². The maximum atomic E-state index is 12.8. The molecule has 1 aromatic rings. The molecule has 2 N–H and O–H groups in total. The van der Waals surface area contributed by atoms with Gasteiger partial charge in [0.25, 0.3) is 0 Å². The van der Waals surface area contributed by atoms with Gasteiger partial charge in [0, 0.05) is 0 Å². The number of benzene rings is 1. The van der Waals surface area contributed by atoms with E-state index in [1.807, 2.05) is 0 Å². The number of aromatic hydroxyl groups is 1. The van der Waals surface area contributed by atoms with Crippen molar-refractivity contribution in [1.29, 1.82) is 0 Å². The van der Waals surface area contributed by atoms with Gasteiger partial charge in [0.1, 0.15) is 0 Å². The zero-order valence-electron chi connectivity index (χ0n) is 6.42. The third-order valence-corrected chi connectivity index (χ3v) is 2.04. The monoisotopic (exact) mass is 248 g/mol. The molecule has 5 heteroatoms. The number of phenolic OH excluding ortho intramolecular Hbond substituents is 1. The van der Waals surface area contributed by atoms with Gasteiger partial charge in [-0.1, -0.05) is 0 Å². The summed E-state index contributed by atoms with van der Waals surface area (Å²) in [4.78, 5) is 10.3. The molecule has 0 radical (unpaired) electrons. The fourth-order valence-electron chi connectivity index (χ4n) is 0.895. The Morgan fingerprint density at radius 3 is 2.62 bits per heavy atom. The third-order valence-electron chi connectivity index (χ3n) is 1.43. The van der Waals surface area contributed by atoms with E-state index in [1.165, 1.54) is 6.07 Å². The molecular formula is C8H6BrFO3. The van der Waals surface area contributed by atoms with Crippen molar-refractivity contribution in [2.75, 3.05) is 0 Å². The molecular weight excluding hydrogens is 243 g/mol. The molecule has 0 heterocycles. The summed E-state index contributed by atoms with van der Waals surface area (Å²) in [5, 5.41) is 17.4. The predicted molar refractivity (Wildman–Crippen MR) is 47.1 cm³/mol. The number of hydrogen-bond donors (Lipinski definition) is 2. The molecule has 0 spiro atoms. The maximum Gasteiger partial charge on any atom is 0.307 e. The van der Waals surface area contributed by atoms with Crippen molar-refractivity contribution in [3.8, 4) is 5.75 Å². The zero-order chi connectivity index (χ0) is 10.0. The van der Waals surface area contributed by atoms with Crippen LogP contribution in [0.5, 0.6) is 5.75 Å². The molecule has 0 aromatic heterocycles. The number of phenols is 1. The average Bonchev–Trinajstić information content (AvgIpc) is 1.98. The lowest BCUT2D eigenvalue weighted by atomic mass is 10.1. The summed E-state index contributed by atoms with van der Waals surface area (Å²) in [6.07, 6.45) is -0.268. The van der Waals surface area contributed by atoms with Crippen LogP contribution in [-0.4, -0.2) is 16.2 Å². The van der Waals surface area contributed by atoms with Crippen LogP contribution in [0.25, 0.3) is 0 Å². The van der Waals surface area contributed by atoms with Gasteiger partial charge in [-0.15, -0.1) is 0 Å². The molecule has 13 heavy (non-hydrogen) atoms. The Morgan fingerprint density at radius 1 is 1.54 bits per heavy atom. The van der Waals surface area contributed by atoms with E-state index in [-0.39, 0.29) is 10.9 Å². The largest absolute Gasteiger partial charge is 0.504 e. The SMILES string of the molecule is O=C(O)Cc1cc(F)c(O)c(Br)c1. The van der Waals surface area contributed by atoms with Crippen LogP contribution in [0.1, 0.15) is 5.56 Å². The first kappa shape index (κ1) is 9.98. The summed E-state index contributed by atoms with van der Waals surface area (Å²) in [6.45, 7) is 0. The van der Waals surface area contributed by atoms with Gasteiger partial charge in [-0.25, -0.2) is 4.39 Å². The summed E-state index contributed by atoms with van der Waals surface area (Å²) in [5.74, 6) is -2.38. The highest BCUT2D eigenvalue weighted by atomic mass is 79.9. The van der Waals surface area contributed by atoms with Gasteiger partial charge in [-0.05, 0) is 33.6 Å². The second-order valence-corrected chi connectivity index (χ2v) is 3.33. The van der Waals surface area contributed by atoms with E-state index >= 15 is 0 Å². The lowest BCUT2D eigenvalue weighted by Gasteiger charge is -2.01. The van der Waals surface area contributed by atoms with E-state index in [2.05, 4.69) is 15.9 Å². The molecule has 0 aliphatic carbocycles. The Hall–Kier alpha value is -1.10. The number of hydrogen-bond acceptors (Lipinski definition) is 2. The van der Waals surface area contributed by atoms with Crippen molar-refractivity contribution in [1.82, 2.24) is 0 Å². The molecule has 0 saturated heterocycles. The second-order valence-electron chi connectivity index (χ2n) is 2.48. The molecule has 0 aliphatic rings. The van der Waals surface area contributed by atoms with E-state index in [1.54, 1.807) is 0 Å². The highest BCUT2D eigenvalue weighted by Gasteiger charge is 2.09. The minimum atomic E-state index is -1.04. The molecule has 0 aliphatic heterocycles. The van der Waals surface area contributed by atoms with Crippen molar-refractivity contribution >= 4 is 21.9 Å². The summed E-state index contributed by atoms with van der Waals surface area (Å²) in [6, 6.07) is 2.36. The number of carboxylic acids is 1. The highest BCUT2D eigenvalue weighted by Crippen LogP contribution is 2.28. The first-order valence-electron chi connectivity index (χ1n) is 3.39. The number of aliphatic carboxylic acids is 1. The first-order chi connectivity index (χ1) is 6.00. The summed E-state index contributed by atoms with van der Waals surface area (Å²) >= 11 is 2.90. The Bertz CT molecular complexity index is 328. The van der Waals surface area contributed by atoms with Gasteiger partial charge in [-0.3, -0.25) is 4.79 Å². The molecule has 0 unspecified atom stereocenters. The Kier molecular flexibility index (Phi) is 2.87. The van der Waals surface area contributed by atoms with Crippen LogP contribution in [0.15, 0.2) is 16.6 Å². The summed E-state index contributed by atoms with van der Waals surface area (Å²) in [7, 11) is 0. The van der Waals surface area contributed by atoms with E-state index in [9.17, 15) is 9.18 Å². The van der Waals surface area contributed by atoms with Gasteiger partial charge < -0.3 is 10.2 Å². The molecule has 0 atom stereocenters. The summed E-state index contributed by atoms with van der Waals surface area (Å²) < 4.78 is 13.0. The minimum absolute atomic E-state index is 0.156. The molecule has 70 valence electrons. The van der Waals surface area contributed by atoms with Crippen LogP contribution in [0.4, 0.5) is 4.39 Å². The van der Waals surface area contributed by atoms with E-state index < -0.39 is 17.5 Å². The number of carboxylic acid groups (broad SMARTS) is 1. The second kappa shape index (κ2) is 3.74. The van der Waals surface area contributed by atoms with Crippen LogP contribution in [-0.2, 0) is 11.2 Å². The van der Waals surface area contributed by atoms with Gasteiger partial charge in [-0.2, -0.15) is 0 Å². The van der Waals surface area contributed by atoms with E-state index in [0.29, 0.717) is 5.56 Å². The van der Waals surface area contributed by atoms with Crippen LogP contribution in [0.2, 0.25) is 0 Å². The maximum absolute atomic E-state index is 12.8. The molecule has 0 amide bonds. The van der Waals surface area contributed by atoms with Crippen molar-refractivity contribution in [2.24, 2.45) is 0 Å². The van der Waals surface area contributed by atoms with Crippen molar-refractivity contribution in [2.45, 2.75) is 6.42 Å². The fourth-order valence-corrected chi connectivity index (χ4v) is 1.38. The topological polar surface area (TPSA) is 57.5 Å². The average molecular weight is 249 g/mol. The lowest BCUT2D eigenvalue weighted by Crippen LogP contribution is -2.00. The lowest BCUT2D eigenvalue weighted by molar-refractivity contribution is -0.136. The normalized spacial score (nSPS) is 10.0. The fraction of sp³-hybridized carbons (Fsp3) is 0.125. The van der Waals surface area contributed by atoms with Gasteiger partial charge in [0.15, 0.2) is 11.6 Å². The van der Waals surface area contributed by atoms with Crippen molar-refractivity contribution < 1.29 is 19.4 Å². The van der Waals surface area contributed by atoms with Crippen molar-refractivity contribution in [3.63, 3.8) is 0 Å². The van der Waals surface area contributed by atoms with Crippen LogP contribution >= 0.6 is 15.9 Å². The molecule has 1 aromatic carbocycles. The molecule has 1 rings (SSSR count). The first-order valence-corrected chi connectivity index (χ1v) is 4.18. The molecule has 3 nitrogen and oxygen atoms in total. The van der Waals surface area contributed by atoms with Crippen LogP contribution in [0, 0.1) is 5.82 Å². The zero-order valence-corrected chi connectivity index (χ0v) is 8.01. The molecule has 0 fully saturated rings. The Balaban J connectivity index is 3.06. The standard InChI is InChI=1S/C8H6BrFO3/c9-5-1-4(3-7(11)12)2-6(10)8(5)13/h1-2,13H,3H2,(H,11,12). The molecule has 0 saturated carbocycles. The van der Waals surface area contributed by atoms with Gasteiger partial charge in [0.2, 0.25) is 0 Å². The minimum Gasteiger partial charge on any atom is -0.504 e. The highest BCUT2D eigenvalue weighted by molar-refractivity contribution is 9.10. The number of rotatable bonds is 2. The van der Waals surface area contributed by atoms with Crippen LogP contribution in [0.3, 0.4) is 0 Å². The van der Waals surface area contributed by atoms with Crippen LogP contribution < -0.4 is 0 Å². The smallest absolute Gasteiger partial charge is 0.307 e. The predicted octanol–water partition coefficient (Wildman–Crippen LogP) is 1.92. The third kappa shape index (κ3) is 2.42. The number of carbonyl (C=O) groups is 1. The van der Waals surface area contributed by atoms with Crippen molar-refractivity contribution in [3.05, 3.63) is 28.0 Å². The Labute approximate surface area is 81.9 Å². The van der Waals surface area contributed by atoms with Gasteiger partial charge in [0.05, 0.1) is 10.9 Å². The van der Waals surface area contributed by atoms with Gasteiger partial charge >= 0.3 is 5.97 Å².